The van der Waals surface area contributed by atoms with E-state index in [1.807, 2.05) is 20.8 Å². The molecule has 4 fully saturated rings. The Morgan fingerprint density at radius 1 is 1.12 bits per heavy atom. The summed E-state index contributed by atoms with van der Waals surface area (Å²) < 4.78 is 22.2. The first-order valence-corrected chi connectivity index (χ1v) is 14.2. The van der Waals surface area contributed by atoms with Crippen molar-refractivity contribution >= 4 is 17.9 Å². The van der Waals surface area contributed by atoms with Gasteiger partial charge in [0, 0.05) is 17.4 Å². The minimum atomic E-state index is -1.85. The maximum Gasteiger partial charge on any atom is 0.508 e. The van der Waals surface area contributed by atoms with Gasteiger partial charge in [0.2, 0.25) is 0 Å². The Morgan fingerprint density at radius 2 is 1.82 bits per heavy atom. The van der Waals surface area contributed by atoms with Crippen LogP contribution in [0.5, 0.6) is 0 Å². The zero-order valence-electron chi connectivity index (χ0n) is 24.0. The molecule has 0 aromatic rings. The number of ketones is 1. The standard InChI is InChI=1S/C30H40O10/c1-15-13-21(38-23(32)16(15)2)27(5,34)29(36)12-11-28(35)18-14-22-30(40-22)20(39-24(33)37-6)8-7-19(31)26(30,4)17(18)9-10-25(28,29)3/h7-8,17-18,20-22,34-36H,9-14H2,1-6H3/t17-,18+,20-,21+,22+,25-,26-,27-,28+,29-,30+/m0/s1. The van der Waals surface area contributed by atoms with Gasteiger partial charge in [0.05, 0.1) is 24.2 Å². The molecule has 10 heteroatoms. The molecular formula is C30H40O10. The molecule has 3 saturated carbocycles. The zero-order valence-corrected chi connectivity index (χ0v) is 24.0. The summed E-state index contributed by atoms with van der Waals surface area (Å²) in [4.78, 5) is 38.2. The summed E-state index contributed by atoms with van der Waals surface area (Å²) in [5, 5.41) is 37.0. The first kappa shape index (κ1) is 27.9. The third kappa shape index (κ3) is 2.96. The van der Waals surface area contributed by atoms with Crippen molar-refractivity contribution < 1.29 is 48.7 Å². The average molecular weight is 561 g/mol. The molecule has 11 atom stereocenters. The number of methoxy groups -OCH3 is 1. The van der Waals surface area contributed by atoms with Crippen LogP contribution >= 0.6 is 0 Å². The second-order valence-corrected chi connectivity index (χ2v) is 13.6. The van der Waals surface area contributed by atoms with Gasteiger partial charge in [0.1, 0.15) is 22.9 Å². The Balaban J connectivity index is 1.36. The van der Waals surface area contributed by atoms with Crippen LogP contribution in [-0.4, -0.2) is 81.1 Å². The molecule has 10 nitrogen and oxygen atoms in total. The molecule has 6 rings (SSSR count). The van der Waals surface area contributed by atoms with Crippen molar-refractivity contribution in [2.45, 2.75) is 114 Å². The topological polar surface area (TPSA) is 152 Å². The van der Waals surface area contributed by atoms with Gasteiger partial charge in [-0.05, 0) is 83.8 Å². The van der Waals surface area contributed by atoms with Gasteiger partial charge in [0.25, 0.3) is 0 Å². The largest absolute Gasteiger partial charge is 0.508 e. The van der Waals surface area contributed by atoms with E-state index in [1.165, 1.54) is 20.1 Å². The number of hydrogen-bond donors (Lipinski definition) is 3. The highest BCUT2D eigenvalue weighted by Gasteiger charge is 2.85. The third-order valence-corrected chi connectivity index (χ3v) is 12.5. The predicted octanol–water partition coefficient (Wildman–Crippen LogP) is 2.52. The van der Waals surface area contributed by atoms with Gasteiger partial charge in [-0.1, -0.05) is 12.5 Å². The van der Waals surface area contributed by atoms with Crippen LogP contribution in [0.15, 0.2) is 23.3 Å². The fourth-order valence-electron chi connectivity index (χ4n) is 9.68. The van der Waals surface area contributed by atoms with Crippen molar-refractivity contribution in [3.05, 3.63) is 23.3 Å². The molecule has 1 saturated heterocycles. The van der Waals surface area contributed by atoms with Crippen LogP contribution < -0.4 is 0 Å². The molecule has 0 radical (unpaired) electrons. The lowest BCUT2D eigenvalue weighted by atomic mass is 9.42. The van der Waals surface area contributed by atoms with Gasteiger partial charge in [-0.15, -0.1) is 0 Å². The van der Waals surface area contributed by atoms with E-state index in [-0.39, 0.29) is 31.0 Å². The molecule has 220 valence electrons. The lowest BCUT2D eigenvalue weighted by molar-refractivity contribution is -0.283. The molecule has 1 spiro atoms. The summed E-state index contributed by atoms with van der Waals surface area (Å²) in [5.41, 5.74) is -7.05. The Morgan fingerprint density at radius 3 is 2.48 bits per heavy atom. The number of fused-ring (bicyclic) bond motifs is 4. The number of carbonyl (C=O) groups excluding carboxylic acids is 3. The van der Waals surface area contributed by atoms with Gasteiger partial charge >= 0.3 is 12.1 Å². The van der Waals surface area contributed by atoms with E-state index in [0.717, 1.165) is 5.57 Å². The van der Waals surface area contributed by atoms with Crippen LogP contribution in [0.2, 0.25) is 0 Å². The maximum absolute atomic E-state index is 13.6. The highest BCUT2D eigenvalue weighted by atomic mass is 16.7. The number of allylic oxidation sites excluding steroid dienone is 1. The number of cyclic esters (lactones) is 1. The van der Waals surface area contributed by atoms with Crippen molar-refractivity contribution in [3.63, 3.8) is 0 Å². The lowest BCUT2D eigenvalue weighted by Gasteiger charge is -2.63. The van der Waals surface area contributed by atoms with Gasteiger partial charge < -0.3 is 34.3 Å². The normalized spacial score (nSPS) is 50.6. The summed E-state index contributed by atoms with van der Waals surface area (Å²) in [6.07, 6.45) is 1.69. The van der Waals surface area contributed by atoms with E-state index in [0.29, 0.717) is 24.8 Å². The molecule has 4 aliphatic carbocycles. The zero-order chi connectivity index (χ0) is 29.3. The Labute approximate surface area is 233 Å². The molecule has 0 amide bonds. The van der Waals surface area contributed by atoms with Crippen molar-refractivity contribution in [2.24, 2.45) is 22.7 Å². The molecule has 0 aromatic carbocycles. The van der Waals surface area contributed by atoms with Crippen molar-refractivity contribution in [3.8, 4) is 0 Å². The summed E-state index contributed by atoms with van der Waals surface area (Å²) in [6, 6.07) is 0. The van der Waals surface area contributed by atoms with Gasteiger partial charge in [-0.25, -0.2) is 9.59 Å². The predicted molar refractivity (Wildman–Crippen MR) is 139 cm³/mol. The number of esters is 1. The summed E-state index contributed by atoms with van der Waals surface area (Å²) >= 11 is 0. The number of rotatable bonds is 3. The van der Waals surface area contributed by atoms with Crippen LogP contribution in [0.4, 0.5) is 4.79 Å². The molecule has 0 bridgehead atoms. The molecule has 2 aliphatic heterocycles. The van der Waals surface area contributed by atoms with Crippen LogP contribution in [0.3, 0.4) is 0 Å². The lowest BCUT2D eigenvalue weighted by Crippen LogP contribution is -2.73. The molecular weight excluding hydrogens is 520 g/mol. The van der Waals surface area contributed by atoms with Gasteiger partial charge in [0.15, 0.2) is 11.9 Å². The number of ether oxygens (including phenoxy) is 4. The average Bonchev–Trinajstić information content (AvgIpc) is 3.59. The highest BCUT2D eigenvalue weighted by molar-refractivity contribution is 5.98. The highest BCUT2D eigenvalue weighted by Crippen LogP contribution is 2.75. The summed E-state index contributed by atoms with van der Waals surface area (Å²) in [5.74, 6) is -1.41. The monoisotopic (exact) mass is 560 g/mol. The van der Waals surface area contributed by atoms with E-state index in [2.05, 4.69) is 0 Å². The third-order valence-electron chi connectivity index (χ3n) is 12.5. The molecule has 0 aromatic heterocycles. The minimum absolute atomic E-state index is 0.0985. The van der Waals surface area contributed by atoms with E-state index < -0.39 is 69.6 Å². The number of aliphatic hydroxyl groups is 3. The molecule has 40 heavy (non-hydrogen) atoms. The van der Waals surface area contributed by atoms with Crippen LogP contribution in [-0.2, 0) is 28.5 Å². The van der Waals surface area contributed by atoms with Crippen molar-refractivity contribution in [1.29, 1.82) is 0 Å². The number of hydrogen-bond acceptors (Lipinski definition) is 10. The Hall–Kier alpha value is -2.27. The summed E-state index contributed by atoms with van der Waals surface area (Å²) in [7, 11) is 1.22. The van der Waals surface area contributed by atoms with E-state index in [4.69, 9.17) is 18.9 Å². The Kier molecular flexibility index (Phi) is 5.70. The first-order chi connectivity index (χ1) is 18.5. The van der Waals surface area contributed by atoms with E-state index in [1.54, 1.807) is 13.0 Å². The summed E-state index contributed by atoms with van der Waals surface area (Å²) in [6.45, 7) is 8.65. The number of epoxide rings is 1. The van der Waals surface area contributed by atoms with Gasteiger partial charge in [-0.3, -0.25) is 4.79 Å². The SMILES string of the molecule is COC(=O)O[C@H]1C=CC(=O)[C@]2(C)[C@H]3CC[C@]4(C)[C@](O)([C@@](C)(O)[C@H]5CC(C)=C(C)C(=O)O5)CC[C@@]4(O)[C@@H]3C[C@H]3O[C@]132. The van der Waals surface area contributed by atoms with Crippen molar-refractivity contribution in [1.82, 2.24) is 0 Å². The minimum Gasteiger partial charge on any atom is -0.455 e. The molecule has 0 unspecified atom stereocenters. The second kappa shape index (κ2) is 8.18. The van der Waals surface area contributed by atoms with Gasteiger partial charge in [-0.2, -0.15) is 0 Å². The van der Waals surface area contributed by atoms with E-state index >= 15 is 0 Å². The van der Waals surface area contributed by atoms with Crippen LogP contribution in [0.1, 0.15) is 73.1 Å². The maximum atomic E-state index is 13.6. The first-order valence-electron chi connectivity index (χ1n) is 14.2. The quantitative estimate of drug-likeness (QED) is 0.347. The second-order valence-electron chi connectivity index (χ2n) is 13.6. The van der Waals surface area contributed by atoms with Crippen molar-refractivity contribution in [2.75, 3.05) is 7.11 Å². The number of carbonyl (C=O) groups is 3. The molecule has 2 heterocycles. The molecule has 3 N–H and O–H groups in total. The Bertz CT molecular complexity index is 1250. The molecule has 6 aliphatic rings. The van der Waals surface area contributed by atoms with Crippen LogP contribution in [0.25, 0.3) is 0 Å². The van der Waals surface area contributed by atoms with E-state index in [9.17, 15) is 29.7 Å². The van der Waals surface area contributed by atoms with Crippen LogP contribution in [0, 0.1) is 22.7 Å². The fourth-order valence-corrected chi connectivity index (χ4v) is 9.68. The fraction of sp³-hybridized carbons (Fsp3) is 0.767. The smallest absolute Gasteiger partial charge is 0.455 e.